The predicted molar refractivity (Wildman–Crippen MR) is 93.5 cm³/mol. The molecular formula is C19H18N4. The van der Waals surface area contributed by atoms with Crippen LogP contribution in [0.5, 0.6) is 0 Å². The molecule has 4 aromatic rings. The van der Waals surface area contributed by atoms with Crippen molar-refractivity contribution in [3.05, 3.63) is 72.1 Å². The summed E-state index contributed by atoms with van der Waals surface area (Å²) in [4.78, 5) is 8.17. The van der Waals surface area contributed by atoms with Crippen molar-refractivity contribution < 1.29 is 0 Å². The molecule has 0 saturated carbocycles. The van der Waals surface area contributed by atoms with E-state index in [0.29, 0.717) is 6.54 Å². The van der Waals surface area contributed by atoms with E-state index < -0.39 is 0 Å². The maximum atomic E-state index is 5.81. The standard InChI is InChI=1S/C19H18N4/c1-13-5-2-9-17-18(13)22-19(21-17)14-6-3-7-15(11-14)23-10-4-8-16(23)12-20/h2-11H,12,20H2,1H3,(H,21,22). The van der Waals surface area contributed by atoms with E-state index in [1.165, 1.54) is 5.56 Å². The van der Waals surface area contributed by atoms with Crippen LogP contribution in [0.2, 0.25) is 0 Å². The van der Waals surface area contributed by atoms with Gasteiger partial charge in [-0.1, -0.05) is 24.3 Å². The van der Waals surface area contributed by atoms with Crippen LogP contribution in [0, 0.1) is 6.92 Å². The van der Waals surface area contributed by atoms with E-state index in [4.69, 9.17) is 10.7 Å². The molecule has 0 fully saturated rings. The van der Waals surface area contributed by atoms with Crippen molar-refractivity contribution in [2.45, 2.75) is 13.5 Å². The Morgan fingerprint density at radius 1 is 1.09 bits per heavy atom. The Hall–Kier alpha value is -2.85. The SMILES string of the molecule is Cc1cccc2[nH]c(-c3cccc(-n4cccc4CN)c3)nc12. The van der Waals surface area contributed by atoms with E-state index in [-0.39, 0.29) is 0 Å². The fraction of sp³-hybridized carbons (Fsp3) is 0.105. The normalized spacial score (nSPS) is 11.2. The first-order valence-corrected chi connectivity index (χ1v) is 7.69. The monoisotopic (exact) mass is 302 g/mol. The summed E-state index contributed by atoms with van der Waals surface area (Å²) in [5, 5.41) is 0. The maximum Gasteiger partial charge on any atom is 0.138 e. The smallest absolute Gasteiger partial charge is 0.138 e. The topological polar surface area (TPSA) is 59.6 Å². The van der Waals surface area contributed by atoms with Crippen LogP contribution in [-0.4, -0.2) is 14.5 Å². The molecule has 0 aliphatic carbocycles. The van der Waals surface area contributed by atoms with Crippen molar-refractivity contribution in [1.29, 1.82) is 0 Å². The molecule has 2 aromatic heterocycles. The zero-order chi connectivity index (χ0) is 15.8. The van der Waals surface area contributed by atoms with Gasteiger partial charge in [0.1, 0.15) is 5.82 Å². The number of fused-ring (bicyclic) bond motifs is 1. The second kappa shape index (κ2) is 5.41. The number of hydrogen-bond donors (Lipinski definition) is 2. The first-order valence-electron chi connectivity index (χ1n) is 7.69. The molecule has 4 heteroatoms. The molecule has 4 rings (SSSR count). The third kappa shape index (κ3) is 2.33. The Kier molecular flexibility index (Phi) is 3.24. The van der Waals surface area contributed by atoms with Crippen LogP contribution in [0.1, 0.15) is 11.3 Å². The van der Waals surface area contributed by atoms with Gasteiger partial charge in [-0.05, 0) is 42.8 Å². The van der Waals surface area contributed by atoms with Crippen LogP contribution in [0.25, 0.3) is 28.1 Å². The van der Waals surface area contributed by atoms with Crippen molar-refractivity contribution in [3.8, 4) is 17.1 Å². The van der Waals surface area contributed by atoms with Gasteiger partial charge in [-0.2, -0.15) is 0 Å². The molecule has 0 amide bonds. The van der Waals surface area contributed by atoms with Crippen molar-refractivity contribution in [1.82, 2.24) is 14.5 Å². The highest BCUT2D eigenvalue weighted by Gasteiger charge is 2.09. The van der Waals surface area contributed by atoms with Gasteiger partial charge in [-0.25, -0.2) is 4.98 Å². The van der Waals surface area contributed by atoms with E-state index in [1.807, 2.05) is 30.5 Å². The third-order valence-electron chi connectivity index (χ3n) is 4.15. The quantitative estimate of drug-likeness (QED) is 0.605. The number of imidazole rings is 1. The van der Waals surface area contributed by atoms with Gasteiger partial charge in [0.2, 0.25) is 0 Å². The zero-order valence-electron chi connectivity index (χ0n) is 13.0. The molecule has 2 heterocycles. The molecule has 23 heavy (non-hydrogen) atoms. The molecule has 114 valence electrons. The van der Waals surface area contributed by atoms with Gasteiger partial charge < -0.3 is 15.3 Å². The average molecular weight is 302 g/mol. The molecule has 0 bridgehead atoms. The lowest BCUT2D eigenvalue weighted by molar-refractivity contribution is 0.912. The van der Waals surface area contributed by atoms with Gasteiger partial charge in [0.15, 0.2) is 0 Å². The number of para-hydroxylation sites is 1. The minimum Gasteiger partial charge on any atom is -0.338 e. The van der Waals surface area contributed by atoms with Gasteiger partial charge in [0, 0.05) is 29.7 Å². The van der Waals surface area contributed by atoms with Crippen molar-refractivity contribution >= 4 is 11.0 Å². The van der Waals surface area contributed by atoms with E-state index in [9.17, 15) is 0 Å². The molecule has 0 aliphatic rings. The predicted octanol–water partition coefficient (Wildman–Crippen LogP) is 3.79. The molecule has 0 saturated heterocycles. The molecule has 3 N–H and O–H groups in total. The number of hydrogen-bond acceptors (Lipinski definition) is 2. The minimum absolute atomic E-state index is 0.515. The lowest BCUT2D eigenvalue weighted by Crippen LogP contribution is -2.04. The first-order chi connectivity index (χ1) is 11.3. The lowest BCUT2D eigenvalue weighted by Gasteiger charge is -2.09. The molecule has 0 spiro atoms. The fourth-order valence-corrected chi connectivity index (χ4v) is 2.95. The Balaban J connectivity index is 1.83. The molecule has 0 aliphatic heterocycles. The summed E-state index contributed by atoms with van der Waals surface area (Å²) in [5.74, 6) is 0.887. The highest BCUT2D eigenvalue weighted by atomic mass is 15.0. The van der Waals surface area contributed by atoms with Gasteiger partial charge in [0.25, 0.3) is 0 Å². The number of nitrogens with one attached hydrogen (secondary N) is 1. The van der Waals surface area contributed by atoms with E-state index in [1.54, 1.807) is 0 Å². The molecule has 4 nitrogen and oxygen atoms in total. The Bertz CT molecular complexity index is 978. The van der Waals surface area contributed by atoms with E-state index in [0.717, 1.165) is 33.8 Å². The van der Waals surface area contributed by atoms with Crippen LogP contribution < -0.4 is 5.73 Å². The van der Waals surface area contributed by atoms with Crippen LogP contribution in [0.3, 0.4) is 0 Å². The summed E-state index contributed by atoms with van der Waals surface area (Å²) in [6, 6.07) is 18.6. The maximum absolute atomic E-state index is 5.81. The summed E-state index contributed by atoms with van der Waals surface area (Å²) in [7, 11) is 0. The van der Waals surface area contributed by atoms with Crippen molar-refractivity contribution in [2.75, 3.05) is 0 Å². The largest absolute Gasteiger partial charge is 0.338 e. The van der Waals surface area contributed by atoms with Gasteiger partial charge in [-0.15, -0.1) is 0 Å². The molecule has 0 radical (unpaired) electrons. The molecular weight excluding hydrogens is 284 g/mol. The van der Waals surface area contributed by atoms with Gasteiger partial charge in [0.05, 0.1) is 11.0 Å². The number of H-pyrrole nitrogens is 1. The highest BCUT2D eigenvalue weighted by Crippen LogP contribution is 2.24. The summed E-state index contributed by atoms with van der Waals surface area (Å²) in [5.41, 5.74) is 12.3. The number of benzene rings is 2. The van der Waals surface area contributed by atoms with E-state index in [2.05, 4.69) is 46.8 Å². The second-order valence-electron chi connectivity index (χ2n) is 5.68. The van der Waals surface area contributed by atoms with Crippen LogP contribution >= 0.6 is 0 Å². The summed E-state index contributed by atoms with van der Waals surface area (Å²) < 4.78 is 2.11. The summed E-state index contributed by atoms with van der Waals surface area (Å²) in [6.45, 7) is 2.60. The number of aromatic amines is 1. The molecule has 0 atom stereocenters. The fourth-order valence-electron chi connectivity index (χ4n) is 2.95. The van der Waals surface area contributed by atoms with Crippen LogP contribution in [-0.2, 0) is 6.54 Å². The van der Waals surface area contributed by atoms with Crippen molar-refractivity contribution in [3.63, 3.8) is 0 Å². The molecule has 0 unspecified atom stereocenters. The number of rotatable bonds is 3. The number of nitrogens with zero attached hydrogens (tertiary/aromatic N) is 2. The Labute approximate surface area is 134 Å². The van der Waals surface area contributed by atoms with Crippen LogP contribution in [0.15, 0.2) is 60.8 Å². The van der Waals surface area contributed by atoms with Crippen molar-refractivity contribution in [2.24, 2.45) is 5.73 Å². The minimum atomic E-state index is 0.515. The summed E-state index contributed by atoms with van der Waals surface area (Å²) in [6.07, 6.45) is 2.03. The third-order valence-corrected chi connectivity index (χ3v) is 4.15. The number of aryl methyl sites for hydroxylation is 1. The zero-order valence-corrected chi connectivity index (χ0v) is 13.0. The number of nitrogens with two attached hydrogens (primary N) is 1. The Morgan fingerprint density at radius 3 is 2.78 bits per heavy atom. The first kappa shape index (κ1) is 13.8. The Morgan fingerprint density at radius 2 is 1.96 bits per heavy atom. The van der Waals surface area contributed by atoms with Gasteiger partial charge in [-0.3, -0.25) is 0 Å². The number of aromatic nitrogens is 3. The lowest BCUT2D eigenvalue weighted by atomic mass is 10.2. The summed E-state index contributed by atoms with van der Waals surface area (Å²) >= 11 is 0. The molecule has 2 aromatic carbocycles. The van der Waals surface area contributed by atoms with Crippen LogP contribution in [0.4, 0.5) is 0 Å². The second-order valence-corrected chi connectivity index (χ2v) is 5.68. The highest BCUT2D eigenvalue weighted by molar-refractivity contribution is 5.82. The average Bonchev–Trinajstić information content (AvgIpc) is 3.22. The van der Waals surface area contributed by atoms with Gasteiger partial charge >= 0.3 is 0 Å². The van der Waals surface area contributed by atoms with E-state index >= 15 is 0 Å².